The molecule has 0 saturated heterocycles. The molecule has 3 unspecified atom stereocenters. The van der Waals surface area contributed by atoms with Crippen LogP contribution in [0.25, 0.3) is 11.5 Å². The van der Waals surface area contributed by atoms with Crippen LogP contribution in [0.1, 0.15) is 60.8 Å². The van der Waals surface area contributed by atoms with Crippen LogP contribution in [-0.4, -0.2) is 44.9 Å². The first-order chi connectivity index (χ1) is 14.7. The lowest BCUT2D eigenvalue weighted by molar-refractivity contribution is -0.112. The molecular weight excluding hydrogens is 408 g/mol. The molecule has 1 fully saturated rings. The molecule has 1 aromatic heterocycles. The molecule has 2 aliphatic rings. The van der Waals surface area contributed by atoms with E-state index in [4.69, 9.17) is 15.9 Å². The number of carbonyl (C=O) groups is 2. The van der Waals surface area contributed by atoms with E-state index in [9.17, 15) is 18.4 Å². The van der Waals surface area contributed by atoms with Crippen LogP contribution >= 0.6 is 0 Å². The van der Waals surface area contributed by atoms with Crippen molar-refractivity contribution in [3.63, 3.8) is 0 Å². The highest BCUT2D eigenvalue weighted by molar-refractivity contribution is 5.99. The van der Waals surface area contributed by atoms with Gasteiger partial charge in [0.2, 0.25) is 5.89 Å². The van der Waals surface area contributed by atoms with Gasteiger partial charge < -0.3 is 25.6 Å². The van der Waals surface area contributed by atoms with Crippen molar-refractivity contribution in [1.82, 2.24) is 15.1 Å². The standard InChI is InChI=1S/C21H25F2N5O3/c1-21(25,10-29)8-12-3-2-4-15(16(12)24)28-9-13-6-5-11(7-14(13)20(28)30)18-26-27-19(31-18)17(22)23/h5-7,10,12,15-17H,2-4,8-9,24-25H2,1H3/t12?,15?,16-,21?/m1/s1. The van der Waals surface area contributed by atoms with E-state index in [1.54, 1.807) is 30.0 Å². The summed E-state index contributed by atoms with van der Waals surface area (Å²) in [7, 11) is 0. The molecule has 2 heterocycles. The van der Waals surface area contributed by atoms with Crippen LogP contribution in [-0.2, 0) is 11.3 Å². The summed E-state index contributed by atoms with van der Waals surface area (Å²) in [5, 5.41) is 6.98. The SMILES string of the molecule is CC(N)(C=O)CC1CCCC(N2Cc3ccc(-c4nnc(C(F)F)o4)cc3C2=O)[C@@H]1N. The molecule has 4 rings (SSSR count). The lowest BCUT2D eigenvalue weighted by atomic mass is 9.75. The third-order valence-corrected chi connectivity index (χ3v) is 6.25. The maximum Gasteiger partial charge on any atom is 0.314 e. The van der Waals surface area contributed by atoms with Gasteiger partial charge in [-0.05, 0) is 49.8 Å². The van der Waals surface area contributed by atoms with Gasteiger partial charge in [-0.3, -0.25) is 4.79 Å². The van der Waals surface area contributed by atoms with Crippen molar-refractivity contribution < 1.29 is 22.8 Å². The lowest BCUT2D eigenvalue weighted by Gasteiger charge is -2.42. The molecular formula is C21H25F2N5O3. The molecule has 8 nitrogen and oxygen atoms in total. The van der Waals surface area contributed by atoms with Crippen LogP contribution in [0.2, 0.25) is 0 Å². The summed E-state index contributed by atoms with van der Waals surface area (Å²) in [5.74, 6) is -0.950. The number of hydrogen-bond acceptors (Lipinski definition) is 7. The third kappa shape index (κ3) is 4.09. The molecule has 1 aromatic carbocycles. The van der Waals surface area contributed by atoms with E-state index in [-0.39, 0.29) is 29.8 Å². The molecule has 166 valence electrons. The summed E-state index contributed by atoms with van der Waals surface area (Å²) in [6.45, 7) is 2.10. The van der Waals surface area contributed by atoms with Crippen molar-refractivity contribution in [2.75, 3.05) is 0 Å². The Morgan fingerprint density at radius 3 is 2.81 bits per heavy atom. The van der Waals surface area contributed by atoms with Crippen LogP contribution in [0.3, 0.4) is 0 Å². The van der Waals surface area contributed by atoms with Crippen LogP contribution in [0, 0.1) is 5.92 Å². The Kier molecular flexibility index (Phi) is 5.61. The molecule has 2 aromatic rings. The molecule has 10 heteroatoms. The van der Waals surface area contributed by atoms with Crippen molar-refractivity contribution in [1.29, 1.82) is 0 Å². The Morgan fingerprint density at radius 1 is 1.35 bits per heavy atom. The molecule has 1 saturated carbocycles. The summed E-state index contributed by atoms with van der Waals surface area (Å²) >= 11 is 0. The van der Waals surface area contributed by atoms with E-state index < -0.39 is 17.9 Å². The first-order valence-electron chi connectivity index (χ1n) is 10.3. The number of benzene rings is 1. The number of aldehydes is 1. The Hall–Kier alpha value is -2.72. The van der Waals surface area contributed by atoms with E-state index in [0.29, 0.717) is 24.1 Å². The zero-order chi connectivity index (χ0) is 22.3. The summed E-state index contributed by atoms with van der Waals surface area (Å²) in [6, 6.07) is 4.57. The molecule has 0 spiro atoms. The number of fused-ring (bicyclic) bond motifs is 1. The topological polar surface area (TPSA) is 128 Å². The van der Waals surface area contributed by atoms with Gasteiger partial charge in [0.1, 0.15) is 6.29 Å². The quantitative estimate of drug-likeness (QED) is 0.670. The monoisotopic (exact) mass is 433 g/mol. The van der Waals surface area contributed by atoms with E-state index >= 15 is 0 Å². The maximum absolute atomic E-state index is 13.2. The molecule has 0 radical (unpaired) electrons. The number of aromatic nitrogens is 2. The van der Waals surface area contributed by atoms with Crippen LogP contribution in [0.5, 0.6) is 0 Å². The minimum atomic E-state index is -2.86. The Bertz CT molecular complexity index is 993. The van der Waals surface area contributed by atoms with E-state index in [2.05, 4.69) is 10.2 Å². The second kappa shape index (κ2) is 8.08. The van der Waals surface area contributed by atoms with Gasteiger partial charge in [0.15, 0.2) is 0 Å². The fourth-order valence-corrected chi connectivity index (χ4v) is 4.67. The van der Waals surface area contributed by atoms with Crippen LogP contribution < -0.4 is 11.5 Å². The summed E-state index contributed by atoms with van der Waals surface area (Å²) in [6.07, 6.45) is 0.884. The number of carbonyl (C=O) groups excluding carboxylic acids is 2. The molecule has 4 N–H and O–H groups in total. The largest absolute Gasteiger partial charge is 0.415 e. The average Bonchev–Trinajstić information content (AvgIpc) is 3.35. The highest BCUT2D eigenvalue weighted by Gasteiger charge is 2.41. The molecule has 1 aliphatic heterocycles. The minimum absolute atomic E-state index is 0.0391. The van der Waals surface area contributed by atoms with Gasteiger partial charge in [-0.2, -0.15) is 8.78 Å². The van der Waals surface area contributed by atoms with E-state index in [1.165, 1.54) is 0 Å². The zero-order valence-corrected chi connectivity index (χ0v) is 17.1. The van der Waals surface area contributed by atoms with Crippen molar-refractivity contribution in [3.05, 3.63) is 35.2 Å². The summed E-state index contributed by atoms with van der Waals surface area (Å²) in [4.78, 5) is 26.2. The Balaban J connectivity index is 1.54. The molecule has 31 heavy (non-hydrogen) atoms. The van der Waals surface area contributed by atoms with Gasteiger partial charge in [-0.25, -0.2) is 0 Å². The van der Waals surface area contributed by atoms with Crippen molar-refractivity contribution in [2.45, 2.75) is 63.2 Å². The minimum Gasteiger partial charge on any atom is -0.415 e. The van der Waals surface area contributed by atoms with Gasteiger partial charge >= 0.3 is 6.43 Å². The number of nitrogens with two attached hydrogens (primary N) is 2. The number of rotatable bonds is 6. The highest BCUT2D eigenvalue weighted by atomic mass is 19.3. The Morgan fingerprint density at radius 2 is 2.13 bits per heavy atom. The summed E-state index contributed by atoms with van der Waals surface area (Å²) in [5.41, 5.74) is 13.3. The van der Waals surface area contributed by atoms with Gasteiger partial charge in [-0.15, -0.1) is 10.2 Å². The third-order valence-electron chi connectivity index (χ3n) is 6.25. The number of alkyl halides is 2. The fraction of sp³-hybridized carbons (Fsp3) is 0.524. The number of hydrogen-bond donors (Lipinski definition) is 2. The fourth-order valence-electron chi connectivity index (χ4n) is 4.67. The molecule has 1 aliphatic carbocycles. The zero-order valence-electron chi connectivity index (χ0n) is 17.1. The van der Waals surface area contributed by atoms with Crippen molar-refractivity contribution >= 4 is 12.2 Å². The normalized spacial score (nSPS) is 25.5. The van der Waals surface area contributed by atoms with E-state index in [0.717, 1.165) is 31.1 Å². The van der Waals surface area contributed by atoms with Gasteiger partial charge in [0, 0.05) is 29.8 Å². The number of halogens is 2. The average molecular weight is 433 g/mol. The Labute approximate surface area is 178 Å². The highest BCUT2D eigenvalue weighted by Crippen LogP contribution is 2.36. The van der Waals surface area contributed by atoms with Crippen molar-refractivity contribution in [3.8, 4) is 11.5 Å². The number of amides is 1. The predicted molar refractivity (Wildman–Crippen MR) is 107 cm³/mol. The first-order valence-corrected chi connectivity index (χ1v) is 10.3. The predicted octanol–water partition coefficient (Wildman–Crippen LogP) is 2.43. The van der Waals surface area contributed by atoms with Crippen LogP contribution in [0.15, 0.2) is 22.6 Å². The molecule has 1 amide bonds. The smallest absolute Gasteiger partial charge is 0.314 e. The van der Waals surface area contributed by atoms with Crippen LogP contribution in [0.4, 0.5) is 8.78 Å². The second-order valence-corrected chi connectivity index (χ2v) is 8.71. The summed E-state index contributed by atoms with van der Waals surface area (Å²) < 4.78 is 30.5. The second-order valence-electron chi connectivity index (χ2n) is 8.71. The van der Waals surface area contributed by atoms with E-state index in [1.807, 2.05) is 0 Å². The number of nitrogens with zero attached hydrogens (tertiary/aromatic N) is 3. The van der Waals surface area contributed by atoms with Gasteiger partial charge in [-0.1, -0.05) is 12.5 Å². The lowest BCUT2D eigenvalue weighted by Crippen LogP contribution is -2.55. The first kappa shape index (κ1) is 21.5. The van der Waals surface area contributed by atoms with Crippen molar-refractivity contribution in [2.24, 2.45) is 17.4 Å². The van der Waals surface area contributed by atoms with Gasteiger partial charge in [0.25, 0.3) is 11.8 Å². The van der Waals surface area contributed by atoms with Gasteiger partial charge in [0.05, 0.1) is 5.54 Å². The molecule has 0 bridgehead atoms. The maximum atomic E-state index is 13.2. The molecule has 4 atom stereocenters.